The normalized spacial score (nSPS) is 11.4. The second-order valence-electron chi connectivity index (χ2n) is 18.4. The third-order valence-electron chi connectivity index (χ3n) is 11.4. The third kappa shape index (κ3) is 13.3. The Bertz CT molecular complexity index is 2270. The molecule has 0 aromatic heterocycles. The van der Waals surface area contributed by atoms with E-state index < -0.39 is 0 Å². The van der Waals surface area contributed by atoms with E-state index in [0.29, 0.717) is 0 Å². The SMILES string of the molecule is CCCc1ccccc1-c1[c-]c2c(cc1C(C)(C)C)-c1cc(C(C)(C)C)c(-c3ccccc3CCC)cc1C2.[Cl-].[Cl-].[Zr+2]=[C](Cc1ccccc1)Cc1ccccc1.c1cc[cH-]c1. The third-order valence-corrected chi connectivity index (χ3v) is 12.3. The fourth-order valence-corrected chi connectivity index (χ4v) is 9.44. The summed E-state index contributed by atoms with van der Waals surface area (Å²) in [5.74, 6) is 0. The zero-order chi connectivity index (χ0) is 42.7. The summed E-state index contributed by atoms with van der Waals surface area (Å²) in [7, 11) is 0. The van der Waals surface area contributed by atoms with Crippen molar-refractivity contribution >= 4 is 3.21 Å². The molecule has 1 aliphatic carbocycles. The zero-order valence-electron chi connectivity index (χ0n) is 38.2. The summed E-state index contributed by atoms with van der Waals surface area (Å²) >= 11 is 1.55. The van der Waals surface area contributed by atoms with Crippen LogP contribution in [0.15, 0.2) is 158 Å². The Morgan fingerprint density at radius 3 is 1.48 bits per heavy atom. The van der Waals surface area contributed by atoms with Gasteiger partial charge in [-0.3, -0.25) is 0 Å². The van der Waals surface area contributed by atoms with Crippen LogP contribution in [0.25, 0.3) is 33.4 Å². The standard InChI is InChI=1S/C39H45.C15H14.C5H5.2ClH.Zr/c1-9-15-26-17-11-13-19-30(26)34-22-28-21-29-23-35(31-20-14-12-18-27(31)16-10-2)37(39(6,7)8)25-33(29)32(28)24-36(34)38(3,4)5;1-3-8-14(9-4-1)12-7-13-15-10-5-2-6-11-15;1-2-4-5-3-1;;;/h11-14,17-20,22,24-25H,9-10,15-16,21H2,1-8H3;1-6,8-11H,12-13H2;1-5H;2*1H;/q-1;;-1;;;+2/p-2. The quantitative estimate of drug-likeness (QED) is 0.120. The second-order valence-corrected chi connectivity index (χ2v) is 20.1. The number of halogens is 2. The molecule has 0 bridgehead atoms. The fraction of sp³-hybridized carbons (Fsp3) is 0.288. The molecule has 0 amide bonds. The Labute approximate surface area is 402 Å². The van der Waals surface area contributed by atoms with Gasteiger partial charge in [-0.05, 0) is 57.9 Å². The summed E-state index contributed by atoms with van der Waals surface area (Å²) in [5.41, 5.74) is 19.7. The monoisotopic (exact) mass is 932 g/mol. The first-order valence-electron chi connectivity index (χ1n) is 22.1. The molecule has 0 fully saturated rings. The van der Waals surface area contributed by atoms with E-state index in [2.05, 4.69) is 189 Å². The van der Waals surface area contributed by atoms with E-state index in [1.807, 2.05) is 30.3 Å². The Morgan fingerprint density at radius 2 is 1.00 bits per heavy atom. The predicted molar refractivity (Wildman–Crippen MR) is 257 cm³/mol. The first kappa shape index (κ1) is 50.6. The van der Waals surface area contributed by atoms with E-state index in [0.717, 1.165) is 44.9 Å². The van der Waals surface area contributed by atoms with Crippen LogP contribution in [-0.2, 0) is 67.2 Å². The van der Waals surface area contributed by atoms with Crippen molar-refractivity contribution in [1.82, 2.24) is 0 Å². The number of hydrogen-bond acceptors (Lipinski definition) is 0. The number of benzene rings is 6. The molecule has 1 aliphatic rings. The van der Waals surface area contributed by atoms with Crippen LogP contribution in [-0.4, -0.2) is 3.21 Å². The fourth-order valence-electron chi connectivity index (χ4n) is 8.44. The van der Waals surface area contributed by atoms with Crippen LogP contribution >= 0.6 is 0 Å². The van der Waals surface area contributed by atoms with E-state index in [9.17, 15) is 0 Å². The number of fused-ring (bicyclic) bond motifs is 3. The van der Waals surface area contributed by atoms with Crippen molar-refractivity contribution in [2.75, 3.05) is 0 Å². The van der Waals surface area contributed by atoms with Crippen LogP contribution < -0.4 is 24.8 Å². The van der Waals surface area contributed by atoms with E-state index in [-0.39, 0.29) is 35.6 Å². The van der Waals surface area contributed by atoms with Crippen LogP contribution in [0.2, 0.25) is 0 Å². The minimum absolute atomic E-state index is 0. The molecular weight excluding hydrogens is 871 g/mol. The minimum Gasteiger partial charge on any atom is -0.214 e. The van der Waals surface area contributed by atoms with Gasteiger partial charge in [0.05, 0.1) is 0 Å². The van der Waals surface area contributed by atoms with Gasteiger partial charge in [-0.25, -0.2) is 12.1 Å². The van der Waals surface area contributed by atoms with Gasteiger partial charge in [0.2, 0.25) is 0 Å². The number of rotatable bonds is 10. The molecule has 0 radical (unpaired) electrons. The van der Waals surface area contributed by atoms with Gasteiger partial charge in [-0.15, -0.1) is 28.8 Å². The molecule has 0 nitrogen and oxygen atoms in total. The Hall–Kier alpha value is -4.00. The van der Waals surface area contributed by atoms with Crippen LogP contribution in [0.1, 0.15) is 113 Å². The summed E-state index contributed by atoms with van der Waals surface area (Å²) in [6, 6.07) is 61.0. The van der Waals surface area contributed by atoms with Crippen LogP contribution in [0.5, 0.6) is 0 Å². The molecule has 0 atom stereocenters. The van der Waals surface area contributed by atoms with E-state index in [4.69, 9.17) is 0 Å². The van der Waals surface area contributed by atoms with Crippen molar-refractivity contribution < 1.29 is 49.0 Å². The van der Waals surface area contributed by atoms with E-state index in [1.54, 1.807) is 27.4 Å². The second kappa shape index (κ2) is 23.6. The van der Waals surface area contributed by atoms with Gasteiger partial charge in [-0.1, -0.05) is 151 Å². The van der Waals surface area contributed by atoms with Gasteiger partial charge in [0.25, 0.3) is 0 Å². The van der Waals surface area contributed by atoms with Crippen LogP contribution in [0, 0.1) is 6.07 Å². The van der Waals surface area contributed by atoms with Crippen molar-refractivity contribution in [3.63, 3.8) is 0 Å². The van der Waals surface area contributed by atoms with Gasteiger partial charge < -0.3 is 24.8 Å². The topological polar surface area (TPSA) is 0 Å². The summed E-state index contributed by atoms with van der Waals surface area (Å²) in [6.07, 6.45) is 7.70. The molecule has 8 rings (SSSR count). The number of hydrogen-bond donors (Lipinski definition) is 0. The summed E-state index contributed by atoms with van der Waals surface area (Å²) in [4.78, 5) is 0. The smallest absolute Gasteiger partial charge is 0.172 e. The molecule has 0 saturated carbocycles. The van der Waals surface area contributed by atoms with E-state index >= 15 is 0 Å². The first-order valence-corrected chi connectivity index (χ1v) is 23.3. The molecule has 320 valence electrons. The molecule has 3 heteroatoms. The Balaban J connectivity index is 0.000000302. The van der Waals surface area contributed by atoms with Gasteiger partial charge in [0.1, 0.15) is 0 Å². The van der Waals surface area contributed by atoms with Gasteiger partial charge in [-0.2, -0.15) is 18.2 Å². The maximum atomic E-state index is 4.01. The zero-order valence-corrected chi connectivity index (χ0v) is 42.2. The molecule has 62 heavy (non-hydrogen) atoms. The Kier molecular flexibility index (Phi) is 19.3. The average Bonchev–Trinajstić information content (AvgIpc) is 3.93. The largest absolute Gasteiger partial charge is 0.214 e. The molecule has 0 heterocycles. The molecule has 7 aromatic carbocycles. The average molecular weight is 935 g/mol. The molecule has 0 N–H and O–H groups in total. The summed E-state index contributed by atoms with van der Waals surface area (Å²) in [6.45, 7) is 18.7. The van der Waals surface area contributed by atoms with Crippen molar-refractivity contribution in [3.05, 3.63) is 208 Å². The molecule has 0 unspecified atom stereocenters. The molecule has 0 aliphatic heterocycles. The van der Waals surface area contributed by atoms with Crippen molar-refractivity contribution in [1.29, 1.82) is 0 Å². The maximum Gasteiger partial charge on any atom is -0.172 e. The summed E-state index contributed by atoms with van der Waals surface area (Å²) < 4.78 is 1.60. The molecular formula is C59H64Cl2Zr-2. The molecule has 7 aromatic rings. The van der Waals surface area contributed by atoms with Gasteiger partial charge >= 0.3 is 112 Å². The van der Waals surface area contributed by atoms with Gasteiger partial charge in [0, 0.05) is 0 Å². The van der Waals surface area contributed by atoms with E-state index in [1.165, 1.54) is 77.9 Å². The molecule has 0 saturated heterocycles. The predicted octanol–water partition coefficient (Wildman–Crippen LogP) is 9.50. The Morgan fingerprint density at radius 1 is 0.532 bits per heavy atom. The molecule has 0 spiro atoms. The van der Waals surface area contributed by atoms with Crippen LogP contribution in [0.3, 0.4) is 0 Å². The van der Waals surface area contributed by atoms with Crippen molar-refractivity contribution in [2.45, 2.75) is 111 Å². The van der Waals surface area contributed by atoms with Crippen molar-refractivity contribution in [2.24, 2.45) is 0 Å². The summed E-state index contributed by atoms with van der Waals surface area (Å²) in [5, 5.41) is 0. The van der Waals surface area contributed by atoms with Crippen LogP contribution in [0.4, 0.5) is 0 Å². The minimum atomic E-state index is 0. The van der Waals surface area contributed by atoms with Gasteiger partial charge in [0.15, 0.2) is 0 Å². The first-order chi connectivity index (χ1) is 28.9. The maximum absolute atomic E-state index is 4.01. The number of aryl methyl sites for hydroxylation is 2. The van der Waals surface area contributed by atoms with Crippen molar-refractivity contribution in [3.8, 4) is 33.4 Å².